The lowest BCUT2D eigenvalue weighted by atomic mass is 9.90. The number of rotatable bonds is 6. The van der Waals surface area contributed by atoms with E-state index >= 15 is 0 Å². The molecule has 1 aromatic rings. The maximum atomic E-state index is 13.1. The van der Waals surface area contributed by atoms with E-state index in [1.165, 1.54) is 13.0 Å². The van der Waals surface area contributed by atoms with Crippen molar-refractivity contribution in [3.63, 3.8) is 0 Å². The highest BCUT2D eigenvalue weighted by atomic mass is 19.1. The zero-order valence-electron chi connectivity index (χ0n) is 13.1. The molecule has 118 valence electrons. The van der Waals surface area contributed by atoms with Gasteiger partial charge in [0.2, 0.25) is 0 Å². The summed E-state index contributed by atoms with van der Waals surface area (Å²) in [5, 5.41) is 11.7. The molecule has 0 aliphatic rings. The minimum absolute atomic E-state index is 0.0692. The molecule has 0 unspecified atom stereocenters. The Morgan fingerprint density at radius 1 is 1.45 bits per heavy atom. The maximum absolute atomic E-state index is 13.1. The topological polar surface area (TPSA) is 79.2 Å². The molecule has 0 radical (unpaired) electrons. The zero-order valence-corrected chi connectivity index (χ0v) is 13.1. The molecule has 0 aromatic heterocycles. The van der Waals surface area contributed by atoms with Crippen molar-refractivity contribution in [3.05, 3.63) is 29.6 Å². The summed E-state index contributed by atoms with van der Waals surface area (Å²) in [6.07, 6.45) is 0. The van der Waals surface area contributed by atoms with Crippen molar-refractivity contribution in [2.45, 2.75) is 33.2 Å². The van der Waals surface area contributed by atoms with Gasteiger partial charge >= 0.3 is 0 Å². The Hall–Kier alpha value is -2.42. The Bertz CT molecular complexity index is 622. The SMILES string of the molecule is CC(=O)c1cc(F)ccc1OCC(=O)N[C@](C)(C#N)C(C)C. The standard InChI is InChI=1S/C16H19FN2O3/c1-10(2)16(4,9-18)19-15(21)8-22-14-6-5-12(17)7-13(14)11(3)20/h5-7,10H,8H2,1-4H3,(H,19,21)/t16-/m1/s1. The van der Waals surface area contributed by atoms with Crippen molar-refractivity contribution in [3.8, 4) is 11.8 Å². The van der Waals surface area contributed by atoms with Crippen molar-refractivity contribution in [1.82, 2.24) is 5.32 Å². The Kier molecular flexibility index (Phi) is 5.63. The van der Waals surface area contributed by atoms with Crippen LogP contribution in [0.15, 0.2) is 18.2 Å². The van der Waals surface area contributed by atoms with Gasteiger partial charge in [-0.3, -0.25) is 9.59 Å². The van der Waals surface area contributed by atoms with Crippen molar-refractivity contribution in [2.24, 2.45) is 5.92 Å². The molecule has 0 saturated carbocycles. The Balaban J connectivity index is 2.77. The summed E-state index contributed by atoms with van der Waals surface area (Å²) in [6.45, 7) is 6.17. The number of hydrogen-bond acceptors (Lipinski definition) is 4. The molecule has 1 aromatic carbocycles. The van der Waals surface area contributed by atoms with Crippen molar-refractivity contribution in [1.29, 1.82) is 5.26 Å². The van der Waals surface area contributed by atoms with Crippen LogP contribution in [-0.2, 0) is 4.79 Å². The van der Waals surface area contributed by atoms with Gasteiger partial charge in [-0.1, -0.05) is 13.8 Å². The van der Waals surface area contributed by atoms with Gasteiger partial charge in [-0.2, -0.15) is 5.26 Å². The van der Waals surface area contributed by atoms with Gasteiger partial charge in [-0.25, -0.2) is 4.39 Å². The van der Waals surface area contributed by atoms with Gasteiger partial charge < -0.3 is 10.1 Å². The first-order valence-electron chi connectivity index (χ1n) is 6.85. The van der Waals surface area contributed by atoms with Crippen LogP contribution < -0.4 is 10.1 Å². The molecular weight excluding hydrogens is 287 g/mol. The van der Waals surface area contributed by atoms with E-state index in [1.54, 1.807) is 6.92 Å². The highest BCUT2D eigenvalue weighted by molar-refractivity contribution is 5.96. The van der Waals surface area contributed by atoms with Crippen LogP contribution in [0.25, 0.3) is 0 Å². The molecule has 0 spiro atoms. The molecule has 6 heteroatoms. The summed E-state index contributed by atoms with van der Waals surface area (Å²) in [7, 11) is 0. The van der Waals surface area contributed by atoms with Gasteiger partial charge in [0.15, 0.2) is 12.4 Å². The highest BCUT2D eigenvalue weighted by Crippen LogP contribution is 2.20. The predicted molar refractivity (Wildman–Crippen MR) is 78.9 cm³/mol. The number of benzene rings is 1. The lowest BCUT2D eigenvalue weighted by molar-refractivity contribution is -0.124. The largest absolute Gasteiger partial charge is 0.483 e. The Morgan fingerprint density at radius 3 is 2.59 bits per heavy atom. The van der Waals surface area contributed by atoms with Crippen LogP contribution in [0.1, 0.15) is 38.1 Å². The molecule has 22 heavy (non-hydrogen) atoms. The molecule has 0 heterocycles. The van der Waals surface area contributed by atoms with Crippen LogP contribution in [0.3, 0.4) is 0 Å². The van der Waals surface area contributed by atoms with E-state index in [2.05, 4.69) is 11.4 Å². The van der Waals surface area contributed by atoms with E-state index in [0.717, 1.165) is 12.1 Å². The van der Waals surface area contributed by atoms with Gasteiger partial charge in [-0.15, -0.1) is 0 Å². The predicted octanol–water partition coefficient (Wildman–Crippen LogP) is 2.46. The number of carbonyl (C=O) groups is 2. The summed E-state index contributed by atoms with van der Waals surface area (Å²) in [5.41, 5.74) is -0.938. The molecule has 1 N–H and O–H groups in total. The normalized spacial score (nSPS) is 13.1. The number of hydrogen-bond donors (Lipinski definition) is 1. The van der Waals surface area contributed by atoms with Crippen LogP contribution in [0.5, 0.6) is 5.75 Å². The average Bonchev–Trinajstić information content (AvgIpc) is 2.45. The van der Waals surface area contributed by atoms with E-state index in [9.17, 15) is 14.0 Å². The molecule has 0 aliphatic heterocycles. The molecule has 0 aliphatic carbocycles. The van der Waals surface area contributed by atoms with E-state index in [-0.39, 0.29) is 29.6 Å². The Morgan fingerprint density at radius 2 is 2.09 bits per heavy atom. The first kappa shape index (κ1) is 17.6. The van der Waals surface area contributed by atoms with E-state index < -0.39 is 17.3 Å². The fourth-order valence-corrected chi connectivity index (χ4v) is 1.67. The third-order valence-corrected chi connectivity index (χ3v) is 3.47. The van der Waals surface area contributed by atoms with Gasteiger partial charge in [0.25, 0.3) is 5.91 Å². The third-order valence-electron chi connectivity index (χ3n) is 3.47. The number of ketones is 1. The molecule has 0 bridgehead atoms. The van der Waals surface area contributed by atoms with Gasteiger partial charge in [-0.05, 0) is 38.0 Å². The van der Waals surface area contributed by atoms with E-state index in [4.69, 9.17) is 10.00 Å². The number of nitrogens with one attached hydrogen (secondary N) is 1. The monoisotopic (exact) mass is 306 g/mol. The van der Waals surface area contributed by atoms with Gasteiger partial charge in [0.05, 0.1) is 11.6 Å². The quantitative estimate of drug-likeness (QED) is 0.819. The summed E-state index contributed by atoms with van der Waals surface area (Å²) in [5.74, 6) is -1.36. The smallest absolute Gasteiger partial charge is 0.259 e. The number of Topliss-reactive ketones (excluding diaryl/α,β-unsaturated/α-hetero) is 1. The summed E-state index contributed by atoms with van der Waals surface area (Å²) >= 11 is 0. The summed E-state index contributed by atoms with van der Waals surface area (Å²) in [4.78, 5) is 23.3. The first-order chi connectivity index (χ1) is 10.2. The fourth-order valence-electron chi connectivity index (χ4n) is 1.67. The summed E-state index contributed by atoms with van der Waals surface area (Å²) in [6, 6.07) is 5.55. The Labute approximate surface area is 129 Å². The average molecular weight is 306 g/mol. The molecule has 1 amide bonds. The molecule has 5 nitrogen and oxygen atoms in total. The second-order valence-electron chi connectivity index (χ2n) is 5.50. The molecule has 0 saturated heterocycles. The zero-order chi connectivity index (χ0) is 16.9. The number of halogens is 1. The van der Waals surface area contributed by atoms with Crippen molar-refractivity contribution < 1.29 is 18.7 Å². The molecule has 1 atom stereocenters. The molecular formula is C16H19FN2O3. The van der Waals surface area contributed by atoms with Crippen LogP contribution >= 0.6 is 0 Å². The first-order valence-corrected chi connectivity index (χ1v) is 6.85. The molecule has 1 rings (SSSR count). The number of amides is 1. The van der Waals surface area contributed by atoms with Crippen LogP contribution in [0.4, 0.5) is 4.39 Å². The lowest BCUT2D eigenvalue weighted by Gasteiger charge is -2.27. The van der Waals surface area contributed by atoms with Crippen LogP contribution in [-0.4, -0.2) is 23.8 Å². The molecule has 0 fully saturated rings. The highest BCUT2D eigenvalue weighted by Gasteiger charge is 2.30. The lowest BCUT2D eigenvalue weighted by Crippen LogP contribution is -2.50. The van der Waals surface area contributed by atoms with Crippen molar-refractivity contribution in [2.75, 3.05) is 6.61 Å². The maximum Gasteiger partial charge on any atom is 0.259 e. The minimum atomic E-state index is -1.01. The fraction of sp³-hybridized carbons (Fsp3) is 0.438. The second-order valence-corrected chi connectivity index (χ2v) is 5.50. The number of carbonyl (C=O) groups excluding carboxylic acids is 2. The number of nitriles is 1. The van der Waals surface area contributed by atoms with E-state index in [0.29, 0.717) is 0 Å². The second kappa shape index (κ2) is 7.03. The van der Waals surface area contributed by atoms with Crippen LogP contribution in [0, 0.1) is 23.1 Å². The van der Waals surface area contributed by atoms with Crippen molar-refractivity contribution >= 4 is 11.7 Å². The van der Waals surface area contributed by atoms with Crippen LogP contribution in [0.2, 0.25) is 0 Å². The number of ether oxygens (including phenoxy) is 1. The number of nitrogens with zero attached hydrogens (tertiary/aromatic N) is 1. The summed E-state index contributed by atoms with van der Waals surface area (Å²) < 4.78 is 18.4. The minimum Gasteiger partial charge on any atom is -0.483 e. The van der Waals surface area contributed by atoms with Gasteiger partial charge in [0, 0.05) is 0 Å². The van der Waals surface area contributed by atoms with Gasteiger partial charge in [0.1, 0.15) is 17.1 Å². The third kappa shape index (κ3) is 4.29. The van der Waals surface area contributed by atoms with E-state index in [1.807, 2.05) is 13.8 Å².